The molecule has 0 aromatic heterocycles. The van der Waals surface area contributed by atoms with Gasteiger partial charge in [0.2, 0.25) is 10.0 Å². The summed E-state index contributed by atoms with van der Waals surface area (Å²) >= 11 is 0. The predicted octanol–water partition coefficient (Wildman–Crippen LogP) is 3.50. The van der Waals surface area contributed by atoms with E-state index in [-0.39, 0.29) is 22.8 Å². The molecule has 1 saturated carbocycles. The van der Waals surface area contributed by atoms with E-state index in [9.17, 15) is 18.5 Å². The van der Waals surface area contributed by atoms with Crippen LogP contribution in [0.2, 0.25) is 0 Å². The number of hydrogen-bond donors (Lipinski definition) is 1. The molecule has 0 saturated heterocycles. The molecule has 0 amide bonds. The van der Waals surface area contributed by atoms with E-state index in [0.717, 1.165) is 29.8 Å². The van der Waals surface area contributed by atoms with Crippen LogP contribution in [0.1, 0.15) is 38.2 Å². The summed E-state index contributed by atoms with van der Waals surface area (Å²) in [6, 6.07) is 15.2. The summed E-state index contributed by atoms with van der Waals surface area (Å²) in [5.74, 6) is 0. The van der Waals surface area contributed by atoms with Gasteiger partial charge in [0, 0.05) is 26.0 Å². The summed E-state index contributed by atoms with van der Waals surface area (Å²) in [7, 11) is -1.55. The Kier molecular flexibility index (Phi) is 5.53. The number of nitrogens with two attached hydrogens (primary N) is 1. The van der Waals surface area contributed by atoms with Crippen LogP contribution < -0.4 is 14.5 Å². The fraction of sp³-hybridized carbons (Fsp3) is 0.455. The minimum atomic E-state index is -3.63. The summed E-state index contributed by atoms with van der Waals surface area (Å²) < 4.78 is 24.6. The van der Waals surface area contributed by atoms with E-state index >= 15 is 0 Å². The third kappa shape index (κ3) is 3.81. The molecule has 0 radical (unpaired) electrons. The van der Waals surface area contributed by atoms with Crippen molar-refractivity contribution in [1.82, 2.24) is 4.48 Å². The fourth-order valence-electron chi connectivity index (χ4n) is 5.35. The van der Waals surface area contributed by atoms with Crippen molar-refractivity contribution in [3.63, 3.8) is 0 Å². The van der Waals surface area contributed by atoms with Gasteiger partial charge in [-0.1, -0.05) is 30.3 Å². The minimum absolute atomic E-state index is 0.00797. The van der Waals surface area contributed by atoms with Crippen LogP contribution in [0.15, 0.2) is 48.5 Å². The number of anilines is 1. The largest absolute Gasteiger partial charge is 0.313 e. The van der Waals surface area contributed by atoms with Crippen LogP contribution in [0.5, 0.6) is 0 Å². The van der Waals surface area contributed by atoms with E-state index in [4.69, 9.17) is 5.14 Å². The zero-order chi connectivity index (χ0) is 22.4. The van der Waals surface area contributed by atoms with E-state index in [1.165, 1.54) is 0 Å². The molecule has 9 heteroatoms. The van der Waals surface area contributed by atoms with Gasteiger partial charge in [-0.25, -0.2) is 13.6 Å². The smallest absolute Gasteiger partial charge is 0.275 e. The van der Waals surface area contributed by atoms with Gasteiger partial charge in [-0.15, -0.1) is 0 Å². The molecule has 4 rings (SSSR count). The van der Waals surface area contributed by atoms with E-state index in [1.54, 1.807) is 12.1 Å². The summed E-state index contributed by atoms with van der Waals surface area (Å²) in [4.78, 5) is 13.4. The Morgan fingerprint density at radius 3 is 2.55 bits per heavy atom. The second-order valence-corrected chi connectivity index (χ2v) is 10.7. The normalized spacial score (nSPS) is 28.4. The van der Waals surface area contributed by atoms with Gasteiger partial charge in [-0.3, -0.25) is 14.6 Å². The van der Waals surface area contributed by atoms with Crippen molar-refractivity contribution in [2.24, 2.45) is 5.14 Å². The lowest BCUT2D eigenvalue weighted by atomic mass is 9.91. The van der Waals surface area contributed by atoms with Gasteiger partial charge in [0.25, 0.3) is 5.69 Å². The second-order valence-electron chi connectivity index (χ2n) is 8.85. The van der Waals surface area contributed by atoms with Gasteiger partial charge in [0.1, 0.15) is 5.69 Å². The van der Waals surface area contributed by atoms with Crippen LogP contribution in [-0.2, 0) is 16.6 Å². The molecule has 8 nitrogen and oxygen atoms in total. The van der Waals surface area contributed by atoms with Crippen molar-refractivity contribution < 1.29 is 13.3 Å². The number of rotatable bonds is 5. The Morgan fingerprint density at radius 2 is 1.90 bits per heavy atom. The Labute approximate surface area is 183 Å². The lowest BCUT2D eigenvalue weighted by Gasteiger charge is -2.45. The molecule has 1 heterocycles. The first-order valence-corrected chi connectivity index (χ1v) is 12.2. The lowest BCUT2D eigenvalue weighted by molar-refractivity contribution is -0.384. The standard InChI is InChI=1S/C22H29N4O4S/c1-16-24(15-17-7-4-3-5-8-17)21-12-11-18(25(27)28)13-22(21)26(16,2)19-9-6-10-20(14-19)31(23,29)30/h3-5,7-8,11-13,16,19-20H,6,9-10,14-15H2,1-2H3,(H2,23,29,30)/q+1. The molecule has 0 bridgehead atoms. The van der Waals surface area contributed by atoms with Gasteiger partial charge in [0.05, 0.1) is 29.3 Å². The molecular weight excluding hydrogens is 416 g/mol. The molecule has 4 atom stereocenters. The molecule has 1 fully saturated rings. The molecule has 1 aliphatic carbocycles. The highest BCUT2D eigenvalue weighted by atomic mass is 32.2. The molecule has 2 aromatic carbocycles. The maximum Gasteiger partial charge on any atom is 0.275 e. The number of non-ortho nitro benzene ring substituents is 1. The van der Waals surface area contributed by atoms with E-state index in [1.807, 2.05) is 24.3 Å². The number of sulfonamides is 1. The first-order chi connectivity index (χ1) is 14.6. The number of hydrogen-bond acceptors (Lipinski definition) is 5. The number of nitrogens with zero attached hydrogens (tertiary/aromatic N) is 3. The SMILES string of the molecule is CC1N(Cc2ccccc2)c2ccc([N+](=O)[O-])cc2[N+]1(C)C1CCCC(S(N)(=O)=O)C1. The molecule has 166 valence electrons. The van der Waals surface area contributed by atoms with Crippen LogP contribution in [-0.4, -0.2) is 37.8 Å². The van der Waals surface area contributed by atoms with Crippen molar-refractivity contribution >= 4 is 27.1 Å². The van der Waals surface area contributed by atoms with Crippen LogP contribution in [0.25, 0.3) is 0 Å². The number of quaternary nitrogens is 1. The first-order valence-electron chi connectivity index (χ1n) is 10.6. The summed E-state index contributed by atoms with van der Waals surface area (Å²) in [6.45, 7) is 2.79. The molecule has 1 aliphatic heterocycles. The van der Waals surface area contributed by atoms with Crippen LogP contribution >= 0.6 is 0 Å². The molecule has 31 heavy (non-hydrogen) atoms. The third-order valence-corrected chi connectivity index (χ3v) is 8.60. The molecule has 2 N–H and O–H groups in total. The monoisotopic (exact) mass is 445 g/mol. The summed E-state index contributed by atoms with van der Waals surface area (Å²) in [5, 5.41) is 16.4. The highest BCUT2D eigenvalue weighted by Gasteiger charge is 2.52. The highest BCUT2D eigenvalue weighted by molar-refractivity contribution is 7.89. The Balaban J connectivity index is 1.78. The van der Waals surface area contributed by atoms with Gasteiger partial charge in [-0.05, 0) is 30.9 Å². The first kappa shape index (κ1) is 21.7. The van der Waals surface area contributed by atoms with Crippen molar-refractivity contribution in [2.75, 3.05) is 11.9 Å². The quantitative estimate of drug-likeness (QED) is 0.431. The number of fused-ring (bicyclic) bond motifs is 1. The number of primary sulfonamides is 1. The van der Waals surface area contributed by atoms with Gasteiger partial charge in [0.15, 0.2) is 11.9 Å². The molecular formula is C22H29N4O4S+. The van der Waals surface area contributed by atoms with E-state index < -0.39 is 15.3 Å². The lowest BCUT2D eigenvalue weighted by Crippen LogP contribution is -2.62. The number of nitro benzene ring substituents is 1. The van der Waals surface area contributed by atoms with Gasteiger partial charge < -0.3 is 4.90 Å². The topological polar surface area (TPSA) is 107 Å². The average molecular weight is 446 g/mol. The molecule has 2 aromatic rings. The molecule has 0 spiro atoms. The fourth-order valence-corrected chi connectivity index (χ4v) is 6.34. The van der Waals surface area contributed by atoms with Gasteiger partial charge in [-0.2, -0.15) is 0 Å². The maximum atomic E-state index is 12.1. The summed E-state index contributed by atoms with van der Waals surface area (Å²) in [5.41, 5.74) is 3.04. The maximum absolute atomic E-state index is 12.1. The predicted molar refractivity (Wildman–Crippen MR) is 122 cm³/mol. The minimum Gasteiger partial charge on any atom is -0.313 e. The van der Waals surface area contributed by atoms with E-state index in [0.29, 0.717) is 23.9 Å². The molecule has 2 aliphatic rings. The van der Waals surface area contributed by atoms with Crippen molar-refractivity contribution in [1.29, 1.82) is 0 Å². The van der Waals surface area contributed by atoms with E-state index in [2.05, 4.69) is 31.0 Å². The average Bonchev–Trinajstić information content (AvgIpc) is 2.96. The van der Waals surface area contributed by atoms with Crippen molar-refractivity contribution in [3.05, 3.63) is 64.2 Å². The van der Waals surface area contributed by atoms with Crippen molar-refractivity contribution in [2.45, 2.75) is 56.6 Å². The van der Waals surface area contributed by atoms with Gasteiger partial charge >= 0.3 is 0 Å². The zero-order valence-corrected chi connectivity index (χ0v) is 18.7. The Bertz CT molecular complexity index is 1090. The summed E-state index contributed by atoms with van der Waals surface area (Å²) in [6.07, 6.45) is 2.64. The molecule has 4 unspecified atom stereocenters. The Morgan fingerprint density at radius 1 is 1.19 bits per heavy atom. The second kappa shape index (κ2) is 7.89. The van der Waals surface area contributed by atoms with Crippen LogP contribution in [0.4, 0.5) is 17.1 Å². The van der Waals surface area contributed by atoms with Crippen LogP contribution in [0.3, 0.4) is 0 Å². The zero-order valence-electron chi connectivity index (χ0n) is 17.8. The number of benzene rings is 2. The van der Waals surface area contributed by atoms with Crippen molar-refractivity contribution in [3.8, 4) is 0 Å². The third-order valence-electron chi connectivity index (χ3n) is 7.24. The highest BCUT2D eigenvalue weighted by Crippen LogP contribution is 2.50. The Hall–Kier alpha value is -2.49. The van der Waals surface area contributed by atoms with Crippen LogP contribution in [0, 0.1) is 10.1 Å². The number of nitro groups is 1.